The highest BCUT2D eigenvalue weighted by Crippen LogP contribution is 2.16. The van der Waals surface area contributed by atoms with E-state index in [1.54, 1.807) is 0 Å². The number of nitrogens with one attached hydrogen (secondary N) is 1. The highest BCUT2D eigenvalue weighted by molar-refractivity contribution is 5.80. The summed E-state index contributed by atoms with van der Waals surface area (Å²) in [6.45, 7) is 12.0. The Hall–Kier alpha value is -0.610. The van der Waals surface area contributed by atoms with E-state index < -0.39 is 5.54 Å². The molecule has 0 aromatic carbocycles. The molecule has 0 aliphatic heterocycles. The molecular formula is C15H32N2O2. The second-order valence-electron chi connectivity index (χ2n) is 5.19. The molecule has 0 spiro atoms. The standard InChI is InChI=1S/C15H32N2O2/c1-6-12-17(7-2)13-10-9-11-15(4,16-5)14(18)19-8-3/h16H,6-13H2,1-5H3. The normalized spacial score (nSPS) is 14.4. The molecule has 0 fully saturated rings. The van der Waals surface area contributed by atoms with Crippen LogP contribution in [-0.2, 0) is 9.53 Å². The number of ether oxygens (including phenoxy) is 1. The van der Waals surface area contributed by atoms with Crippen molar-refractivity contribution in [2.24, 2.45) is 0 Å². The van der Waals surface area contributed by atoms with Gasteiger partial charge in [0.1, 0.15) is 5.54 Å². The summed E-state index contributed by atoms with van der Waals surface area (Å²) in [7, 11) is 1.83. The van der Waals surface area contributed by atoms with Crippen LogP contribution in [0.2, 0.25) is 0 Å². The molecular weight excluding hydrogens is 240 g/mol. The predicted octanol–water partition coefficient (Wildman–Crippen LogP) is 2.43. The molecule has 1 unspecified atom stereocenters. The smallest absolute Gasteiger partial charge is 0.326 e. The van der Waals surface area contributed by atoms with Crippen molar-refractivity contribution in [3.8, 4) is 0 Å². The zero-order chi connectivity index (χ0) is 14.7. The summed E-state index contributed by atoms with van der Waals surface area (Å²) < 4.78 is 5.12. The number of esters is 1. The monoisotopic (exact) mass is 272 g/mol. The predicted molar refractivity (Wildman–Crippen MR) is 80.4 cm³/mol. The molecule has 0 saturated heterocycles. The van der Waals surface area contributed by atoms with E-state index in [1.807, 2.05) is 20.9 Å². The Morgan fingerprint density at radius 2 is 1.89 bits per heavy atom. The maximum Gasteiger partial charge on any atom is 0.326 e. The van der Waals surface area contributed by atoms with E-state index >= 15 is 0 Å². The molecule has 0 saturated carbocycles. The van der Waals surface area contributed by atoms with Gasteiger partial charge in [0.2, 0.25) is 0 Å². The largest absolute Gasteiger partial charge is 0.465 e. The van der Waals surface area contributed by atoms with E-state index in [9.17, 15) is 4.79 Å². The highest BCUT2D eigenvalue weighted by atomic mass is 16.5. The van der Waals surface area contributed by atoms with Crippen LogP contribution in [0.4, 0.5) is 0 Å². The van der Waals surface area contributed by atoms with Crippen molar-refractivity contribution in [1.82, 2.24) is 10.2 Å². The zero-order valence-electron chi connectivity index (χ0n) is 13.4. The fourth-order valence-corrected chi connectivity index (χ4v) is 2.18. The lowest BCUT2D eigenvalue weighted by molar-refractivity contribution is -0.150. The third kappa shape index (κ3) is 6.92. The van der Waals surface area contributed by atoms with Gasteiger partial charge in [0.15, 0.2) is 0 Å². The van der Waals surface area contributed by atoms with Gasteiger partial charge < -0.3 is 15.0 Å². The van der Waals surface area contributed by atoms with Gasteiger partial charge in [-0.3, -0.25) is 4.79 Å². The maximum absolute atomic E-state index is 11.9. The van der Waals surface area contributed by atoms with Gasteiger partial charge in [-0.2, -0.15) is 0 Å². The Balaban J connectivity index is 4.04. The zero-order valence-corrected chi connectivity index (χ0v) is 13.4. The average molecular weight is 272 g/mol. The minimum atomic E-state index is -0.544. The van der Waals surface area contributed by atoms with E-state index in [-0.39, 0.29) is 5.97 Å². The van der Waals surface area contributed by atoms with Gasteiger partial charge in [-0.1, -0.05) is 13.8 Å². The van der Waals surface area contributed by atoms with Crippen molar-refractivity contribution in [1.29, 1.82) is 0 Å². The molecule has 1 atom stereocenters. The maximum atomic E-state index is 11.9. The first-order valence-electron chi connectivity index (χ1n) is 7.62. The number of likely N-dealkylation sites (N-methyl/N-ethyl adjacent to an activating group) is 1. The number of rotatable bonds is 11. The molecule has 0 aromatic heterocycles. The van der Waals surface area contributed by atoms with Crippen molar-refractivity contribution >= 4 is 5.97 Å². The molecule has 0 radical (unpaired) electrons. The van der Waals surface area contributed by atoms with Crippen LogP contribution in [0.5, 0.6) is 0 Å². The fourth-order valence-electron chi connectivity index (χ4n) is 2.18. The van der Waals surface area contributed by atoms with Crippen molar-refractivity contribution < 1.29 is 9.53 Å². The lowest BCUT2D eigenvalue weighted by atomic mass is 9.95. The second-order valence-corrected chi connectivity index (χ2v) is 5.19. The average Bonchev–Trinajstić information content (AvgIpc) is 2.42. The van der Waals surface area contributed by atoms with Crippen molar-refractivity contribution in [3.05, 3.63) is 0 Å². The summed E-state index contributed by atoms with van der Waals surface area (Å²) in [5.41, 5.74) is -0.544. The van der Waals surface area contributed by atoms with Gasteiger partial charge in [-0.15, -0.1) is 0 Å². The summed E-state index contributed by atoms with van der Waals surface area (Å²) >= 11 is 0. The van der Waals surface area contributed by atoms with E-state index in [4.69, 9.17) is 4.74 Å². The molecule has 114 valence electrons. The fraction of sp³-hybridized carbons (Fsp3) is 0.933. The van der Waals surface area contributed by atoms with Crippen LogP contribution in [0.3, 0.4) is 0 Å². The van der Waals surface area contributed by atoms with Gasteiger partial charge in [0.25, 0.3) is 0 Å². The van der Waals surface area contributed by atoms with Crippen molar-refractivity contribution in [3.63, 3.8) is 0 Å². The first-order valence-corrected chi connectivity index (χ1v) is 7.62. The Morgan fingerprint density at radius 1 is 1.21 bits per heavy atom. The van der Waals surface area contributed by atoms with Gasteiger partial charge in [0.05, 0.1) is 6.61 Å². The summed E-state index contributed by atoms with van der Waals surface area (Å²) in [4.78, 5) is 14.3. The van der Waals surface area contributed by atoms with Gasteiger partial charge in [-0.25, -0.2) is 0 Å². The summed E-state index contributed by atoms with van der Waals surface area (Å²) in [5.74, 6) is -0.140. The van der Waals surface area contributed by atoms with Crippen LogP contribution < -0.4 is 5.32 Å². The van der Waals surface area contributed by atoms with Gasteiger partial charge in [0, 0.05) is 0 Å². The number of carbonyl (C=O) groups is 1. The number of unbranched alkanes of at least 4 members (excludes halogenated alkanes) is 1. The first-order chi connectivity index (χ1) is 9.03. The van der Waals surface area contributed by atoms with Crippen LogP contribution in [0.1, 0.15) is 53.4 Å². The number of hydrogen-bond acceptors (Lipinski definition) is 4. The third-order valence-corrected chi connectivity index (χ3v) is 3.67. The van der Waals surface area contributed by atoms with Gasteiger partial charge >= 0.3 is 5.97 Å². The minimum absolute atomic E-state index is 0.140. The van der Waals surface area contributed by atoms with Crippen molar-refractivity contribution in [2.45, 2.75) is 58.9 Å². The highest BCUT2D eigenvalue weighted by Gasteiger charge is 2.32. The van der Waals surface area contributed by atoms with Gasteiger partial charge in [-0.05, 0) is 66.2 Å². The van der Waals surface area contributed by atoms with E-state index in [1.165, 1.54) is 6.42 Å². The molecule has 1 N–H and O–H groups in total. The molecule has 0 bridgehead atoms. The second kappa shape index (κ2) is 10.2. The number of carbonyl (C=O) groups excluding carboxylic acids is 1. The first kappa shape index (κ1) is 18.4. The van der Waals surface area contributed by atoms with Crippen LogP contribution in [0.25, 0.3) is 0 Å². The number of hydrogen-bond donors (Lipinski definition) is 1. The summed E-state index contributed by atoms with van der Waals surface area (Å²) in [6.07, 6.45) is 4.19. The molecule has 0 heterocycles. The quantitative estimate of drug-likeness (QED) is 0.463. The Labute approximate surface area is 118 Å². The molecule has 4 nitrogen and oxygen atoms in total. The molecule has 19 heavy (non-hydrogen) atoms. The SMILES string of the molecule is CCCN(CC)CCCCC(C)(NC)C(=O)OCC. The molecule has 4 heteroatoms. The van der Waals surface area contributed by atoms with E-state index in [2.05, 4.69) is 24.1 Å². The lowest BCUT2D eigenvalue weighted by Crippen LogP contribution is -2.48. The van der Waals surface area contributed by atoms with Crippen LogP contribution in [0.15, 0.2) is 0 Å². The lowest BCUT2D eigenvalue weighted by Gasteiger charge is -2.27. The molecule has 0 aliphatic rings. The molecule has 0 amide bonds. The van der Waals surface area contributed by atoms with E-state index in [0.717, 1.165) is 38.9 Å². The molecule has 0 rings (SSSR count). The van der Waals surface area contributed by atoms with Crippen LogP contribution in [0, 0.1) is 0 Å². The molecule has 0 aromatic rings. The summed E-state index contributed by atoms with van der Waals surface area (Å²) in [5, 5.41) is 3.10. The van der Waals surface area contributed by atoms with Crippen LogP contribution in [-0.4, -0.2) is 49.7 Å². The number of nitrogens with zero attached hydrogens (tertiary/aromatic N) is 1. The Kier molecular flexibility index (Phi) is 9.88. The van der Waals surface area contributed by atoms with Crippen LogP contribution >= 0.6 is 0 Å². The minimum Gasteiger partial charge on any atom is -0.465 e. The summed E-state index contributed by atoms with van der Waals surface area (Å²) in [6, 6.07) is 0. The third-order valence-electron chi connectivity index (χ3n) is 3.67. The van der Waals surface area contributed by atoms with Crippen molar-refractivity contribution in [2.75, 3.05) is 33.3 Å². The molecule has 0 aliphatic carbocycles. The Bertz CT molecular complexity index is 246. The van der Waals surface area contributed by atoms with E-state index in [0.29, 0.717) is 6.61 Å². The topological polar surface area (TPSA) is 41.6 Å². The Morgan fingerprint density at radius 3 is 2.37 bits per heavy atom.